The number of hydrogen-bond acceptors (Lipinski definition) is 4. The summed E-state index contributed by atoms with van der Waals surface area (Å²) in [4.78, 5) is 33.5. The van der Waals surface area contributed by atoms with Crippen LogP contribution in [0.25, 0.3) is 0 Å². The first-order valence-electron chi connectivity index (χ1n) is 6.79. The Bertz CT molecular complexity index is 730. The van der Waals surface area contributed by atoms with Crippen molar-refractivity contribution in [2.24, 2.45) is 0 Å². The molecule has 0 bridgehead atoms. The average Bonchev–Trinajstić information content (AvgIpc) is 2.54. The Kier molecular flexibility index (Phi) is 5.03. The third kappa shape index (κ3) is 4.37. The third-order valence-electron chi connectivity index (χ3n) is 3.20. The number of hydrogen-bond donors (Lipinski definition) is 2. The van der Waals surface area contributed by atoms with Crippen molar-refractivity contribution < 1.29 is 19.6 Å². The largest absolute Gasteiger partial charge is 0.481 e. The van der Waals surface area contributed by atoms with Crippen LogP contribution in [0.3, 0.4) is 0 Å². The van der Waals surface area contributed by atoms with E-state index >= 15 is 0 Å². The molecular weight excluding hydrogens is 300 g/mol. The molecule has 2 aromatic rings. The number of nitrogens with zero attached hydrogens (tertiary/aromatic N) is 1. The second-order valence-electron chi connectivity index (χ2n) is 4.84. The molecule has 0 saturated carbocycles. The minimum Gasteiger partial charge on any atom is -0.481 e. The Hall–Kier alpha value is -3.22. The van der Waals surface area contributed by atoms with E-state index in [4.69, 9.17) is 5.11 Å². The van der Waals surface area contributed by atoms with Crippen LogP contribution in [0.2, 0.25) is 0 Å². The molecule has 0 radical (unpaired) electrons. The van der Waals surface area contributed by atoms with E-state index in [1.165, 1.54) is 18.2 Å². The standard InChI is InChI=1S/C16H14N2O5/c19-15(20)10-14(12-7-4-8-13(9-12)18(22)23)17-16(21)11-5-2-1-3-6-11/h1-9,14H,10H2,(H,17,21)(H,19,20)/t14-/m0/s1. The van der Waals surface area contributed by atoms with Crippen LogP contribution in [0.1, 0.15) is 28.4 Å². The third-order valence-corrected chi connectivity index (χ3v) is 3.20. The van der Waals surface area contributed by atoms with Crippen LogP contribution in [0.4, 0.5) is 5.69 Å². The lowest BCUT2D eigenvalue weighted by Crippen LogP contribution is -2.30. The number of amides is 1. The maximum Gasteiger partial charge on any atom is 0.305 e. The molecule has 0 heterocycles. The Morgan fingerprint density at radius 2 is 1.83 bits per heavy atom. The molecule has 23 heavy (non-hydrogen) atoms. The summed E-state index contributed by atoms with van der Waals surface area (Å²) in [5, 5.41) is 22.5. The van der Waals surface area contributed by atoms with Gasteiger partial charge >= 0.3 is 5.97 Å². The first-order valence-corrected chi connectivity index (χ1v) is 6.79. The van der Waals surface area contributed by atoms with Crippen LogP contribution >= 0.6 is 0 Å². The van der Waals surface area contributed by atoms with Crippen LogP contribution in [0.5, 0.6) is 0 Å². The molecule has 2 rings (SSSR count). The van der Waals surface area contributed by atoms with Gasteiger partial charge in [-0.15, -0.1) is 0 Å². The van der Waals surface area contributed by atoms with Crippen molar-refractivity contribution in [3.63, 3.8) is 0 Å². The molecular formula is C16H14N2O5. The molecule has 0 aromatic heterocycles. The van der Waals surface area contributed by atoms with Gasteiger partial charge in [-0.3, -0.25) is 19.7 Å². The Morgan fingerprint density at radius 1 is 1.13 bits per heavy atom. The van der Waals surface area contributed by atoms with E-state index in [2.05, 4.69) is 5.32 Å². The quantitative estimate of drug-likeness (QED) is 0.629. The highest BCUT2D eigenvalue weighted by Gasteiger charge is 2.20. The van der Waals surface area contributed by atoms with Crippen LogP contribution in [0.15, 0.2) is 54.6 Å². The zero-order chi connectivity index (χ0) is 16.8. The summed E-state index contributed by atoms with van der Waals surface area (Å²) < 4.78 is 0. The van der Waals surface area contributed by atoms with E-state index in [9.17, 15) is 19.7 Å². The van der Waals surface area contributed by atoms with Crippen molar-refractivity contribution in [3.8, 4) is 0 Å². The second-order valence-corrected chi connectivity index (χ2v) is 4.84. The van der Waals surface area contributed by atoms with Gasteiger partial charge in [-0.05, 0) is 17.7 Å². The number of non-ortho nitro benzene ring substituents is 1. The van der Waals surface area contributed by atoms with Crippen LogP contribution in [-0.4, -0.2) is 21.9 Å². The topological polar surface area (TPSA) is 110 Å². The first-order chi connectivity index (χ1) is 11.0. The fraction of sp³-hybridized carbons (Fsp3) is 0.125. The van der Waals surface area contributed by atoms with Gasteiger partial charge < -0.3 is 10.4 Å². The van der Waals surface area contributed by atoms with Gasteiger partial charge in [0.25, 0.3) is 11.6 Å². The molecule has 7 nitrogen and oxygen atoms in total. The molecule has 0 saturated heterocycles. The second kappa shape index (κ2) is 7.17. The molecule has 1 atom stereocenters. The predicted molar refractivity (Wildman–Crippen MR) is 82.0 cm³/mol. The lowest BCUT2D eigenvalue weighted by atomic mass is 10.0. The van der Waals surface area contributed by atoms with Gasteiger partial charge in [0.15, 0.2) is 0 Å². The summed E-state index contributed by atoms with van der Waals surface area (Å²) in [5.41, 5.74) is 0.589. The van der Waals surface area contributed by atoms with Gasteiger partial charge in [0.2, 0.25) is 0 Å². The number of aliphatic carboxylic acids is 1. The molecule has 118 valence electrons. The Morgan fingerprint density at radius 3 is 2.43 bits per heavy atom. The van der Waals surface area contributed by atoms with Crippen molar-refractivity contribution in [2.75, 3.05) is 0 Å². The van der Waals surface area contributed by atoms with Gasteiger partial charge in [0.1, 0.15) is 0 Å². The maximum absolute atomic E-state index is 12.2. The summed E-state index contributed by atoms with van der Waals surface area (Å²) in [6.45, 7) is 0. The van der Waals surface area contributed by atoms with Crippen LogP contribution in [-0.2, 0) is 4.79 Å². The lowest BCUT2D eigenvalue weighted by Gasteiger charge is -2.17. The van der Waals surface area contributed by atoms with E-state index in [0.717, 1.165) is 0 Å². The summed E-state index contributed by atoms with van der Waals surface area (Å²) in [5.74, 6) is -1.56. The smallest absolute Gasteiger partial charge is 0.305 e. The van der Waals surface area contributed by atoms with Crippen LogP contribution < -0.4 is 5.32 Å². The van der Waals surface area contributed by atoms with E-state index in [1.54, 1.807) is 36.4 Å². The Labute approximate surface area is 131 Å². The fourth-order valence-corrected chi connectivity index (χ4v) is 2.11. The first kappa shape index (κ1) is 16.2. The van der Waals surface area contributed by atoms with Gasteiger partial charge in [-0.25, -0.2) is 0 Å². The number of rotatable bonds is 6. The minimum absolute atomic E-state index is 0.160. The summed E-state index contributed by atoms with van der Waals surface area (Å²) >= 11 is 0. The van der Waals surface area contributed by atoms with Gasteiger partial charge in [0, 0.05) is 17.7 Å². The SMILES string of the molecule is O=C(O)C[C@H](NC(=O)c1ccccc1)c1cccc([N+](=O)[O-])c1. The summed E-state index contributed by atoms with van der Waals surface area (Å²) in [6.07, 6.45) is -0.375. The molecule has 0 aliphatic rings. The lowest BCUT2D eigenvalue weighted by molar-refractivity contribution is -0.384. The summed E-state index contributed by atoms with van der Waals surface area (Å²) in [7, 11) is 0. The maximum atomic E-state index is 12.2. The number of carboxylic acids is 1. The number of benzene rings is 2. The molecule has 7 heteroatoms. The van der Waals surface area contributed by atoms with Crippen molar-refractivity contribution in [3.05, 3.63) is 75.8 Å². The van der Waals surface area contributed by atoms with Crippen molar-refractivity contribution in [1.29, 1.82) is 0 Å². The van der Waals surface area contributed by atoms with Gasteiger partial charge in [-0.2, -0.15) is 0 Å². The van der Waals surface area contributed by atoms with E-state index in [0.29, 0.717) is 11.1 Å². The highest BCUT2D eigenvalue weighted by Crippen LogP contribution is 2.22. The number of nitrogens with one attached hydrogen (secondary N) is 1. The van der Waals surface area contributed by atoms with Crippen molar-refractivity contribution in [2.45, 2.75) is 12.5 Å². The van der Waals surface area contributed by atoms with Gasteiger partial charge in [-0.1, -0.05) is 30.3 Å². The fourth-order valence-electron chi connectivity index (χ4n) is 2.11. The van der Waals surface area contributed by atoms with E-state index < -0.39 is 22.8 Å². The molecule has 2 N–H and O–H groups in total. The van der Waals surface area contributed by atoms with Gasteiger partial charge in [0.05, 0.1) is 17.4 Å². The predicted octanol–water partition coefficient (Wildman–Crippen LogP) is 2.54. The highest BCUT2D eigenvalue weighted by molar-refractivity contribution is 5.94. The number of nitro groups is 1. The molecule has 2 aromatic carbocycles. The molecule has 0 aliphatic carbocycles. The zero-order valence-corrected chi connectivity index (χ0v) is 12.0. The molecule has 0 spiro atoms. The number of carboxylic acid groups (broad SMARTS) is 1. The minimum atomic E-state index is -1.12. The average molecular weight is 314 g/mol. The number of carbonyl (C=O) groups is 2. The summed E-state index contributed by atoms with van der Waals surface area (Å²) in [6, 6.07) is 13.0. The van der Waals surface area contributed by atoms with Crippen molar-refractivity contribution >= 4 is 17.6 Å². The van der Waals surface area contributed by atoms with E-state index in [-0.39, 0.29) is 12.1 Å². The normalized spacial score (nSPS) is 11.5. The zero-order valence-electron chi connectivity index (χ0n) is 12.0. The Balaban J connectivity index is 2.27. The van der Waals surface area contributed by atoms with Crippen molar-refractivity contribution in [1.82, 2.24) is 5.32 Å². The number of nitro benzene ring substituents is 1. The van der Waals surface area contributed by atoms with E-state index in [1.807, 2.05) is 0 Å². The monoisotopic (exact) mass is 314 g/mol. The highest BCUT2D eigenvalue weighted by atomic mass is 16.6. The number of carbonyl (C=O) groups excluding carboxylic acids is 1. The van der Waals surface area contributed by atoms with Crippen LogP contribution in [0, 0.1) is 10.1 Å². The molecule has 0 aliphatic heterocycles. The molecule has 1 amide bonds. The molecule has 0 fully saturated rings. The molecule has 0 unspecified atom stereocenters.